The molecule has 2 fully saturated rings. The minimum atomic E-state index is 0.282. The Morgan fingerprint density at radius 2 is 2.15 bits per heavy atom. The molecule has 1 aliphatic heterocycles. The number of hydrogen-bond donors (Lipinski definition) is 2. The van der Waals surface area contributed by atoms with Crippen LogP contribution in [0.4, 0.5) is 0 Å². The van der Waals surface area contributed by atoms with E-state index in [9.17, 15) is 0 Å². The number of nitrogens with one attached hydrogen (secondary N) is 2. The van der Waals surface area contributed by atoms with Crippen molar-refractivity contribution in [2.75, 3.05) is 19.6 Å². The fraction of sp³-hybridized carbons (Fsp3) is 0.667. The van der Waals surface area contributed by atoms with Crippen LogP contribution < -0.4 is 10.6 Å². The first kappa shape index (κ1) is 13.9. The second kappa shape index (κ2) is 6.59. The topological polar surface area (TPSA) is 40.4 Å². The summed E-state index contributed by atoms with van der Waals surface area (Å²) in [6, 6.07) is 4.92. The lowest BCUT2D eigenvalue weighted by Gasteiger charge is -2.33. The number of likely N-dealkylation sites (tertiary alicyclic amines) is 1. The zero-order valence-electron chi connectivity index (χ0n) is 11.8. The maximum Gasteiger partial charge on any atom is 0.166 e. The lowest BCUT2D eigenvalue weighted by atomic mass is 10.1. The Balaban J connectivity index is 1.57. The molecule has 0 aromatic carbocycles. The highest BCUT2D eigenvalue weighted by Gasteiger charge is 2.26. The average Bonchev–Trinajstić information content (AvgIpc) is 3.12. The number of furan rings is 1. The van der Waals surface area contributed by atoms with E-state index in [0.717, 1.165) is 30.5 Å². The van der Waals surface area contributed by atoms with Gasteiger partial charge in [-0.25, -0.2) is 0 Å². The third-order valence-corrected chi connectivity index (χ3v) is 4.33. The van der Waals surface area contributed by atoms with Crippen LogP contribution in [-0.2, 0) is 0 Å². The zero-order chi connectivity index (χ0) is 13.8. The van der Waals surface area contributed by atoms with Crippen LogP contribution in [0.15, 0.2) is 22.8 Å². The molecular formula is C15H23N3OS. The Bertz CT molecular complexity index is 424. The van der Waals surface area contributed by atoms with E-state index in [1.54, 1.807) is 6.26 Å². The van der Waals surface area contributed by atoms with Crippen LogP contribution in [0.25, 0.3) is 0 Å². The number of thiocarbonyl (C=S) groups is 1. The van der Waals surface area contributed by atoms with Gasteiger partial charge >= 0.3 is 0 Å². The first-order chi connectivity index (χ1) is 9.83. The van der Waals surface area contributed by atoms with Crippen molar-refractivity contribution in [1.82, 2.24) is 15.5 Å². The molecule has 2 N–H and O–H groups in total. The second-order valence-corrected chi connectivity index (χ2v) is 6.16. The van der Waals surface area contributed by atoms with Gasteiger partial charge in [0.15, 0.2) is 5.11 Å². The van der Waals surface area contributed by atoms with Crippen LogP contribution in [0.3, 0.4) is 0 Å². The van der Waals surface area contributed by atoms with E-state index < -0.39 is 0 Å². The molecule has 20 heavy (non-hydrogen) atoms. The molecule has 5 heteroatoms. The smallest absolute Gasteiger partial charge is 0.166 e. The number of piperidine rings is 1. The summed E-state index contributed by atoms with van der Waals surface area (Å²) in [7, 11) is 0. The molecular weight excluding hydrogens is 270 g/mol. The Kier molecular flexibility index (Phi) is 4.58. The van der Waals surface area contributed by atoms with Gasteiger partial charge in [-0.15, -0.1) is 0 Å². The van der Waals surface area contributed by atoms with Crippen LogP contribution in [0.2, 0.25) is 0 Å². The lowest BCUT2D eigenvalue weighted by molar-refractivity contribution is 0.146. The Hall–Kier alpha value is -1.07. The summed E-state index contributed by atoms with van der Waals surface area (Å²) < 4.78 is 5.63. The first-order valence-corrected chi connectivity index (χ1v) is 8.05. The quantitative estimate of drug-likeness (QED) is 0.816. The molecule has 2 heterocycles. The third kappa shape index (κ3) is 3.73. The van der Waals surface area contributed by atoms with Crippen LogP contribution in [-0.4, -0.2) is 35.7 Å². The van der Waals surface area contributed by atoms with Gasteiger partial charge < -0.3 is 15.1 Å². The maximum atomic E-state index is 5.63. The molecule has 1 aromatic heterocycles. The van der Waals surface area contributed by atoms with Crippen molar-refractivity contribution in [3.05, 3.63) is 24.2 Å². The first-order valence-electron chi connectivity index (χ1n) is 7.65. The van der Waals surface area contributed by atoms with Gasteiger partial charge in [0.2, 0.25) is 0 Å². The molecule has 0 spiro atoms. The fourth-order valence-electron chi connectivity index (χ4n) is 2.77. The van der Waals surface area contributed by atoms with Crippen LogP contribution in [0.5, 0.6) is 0 Å². The molecule has 0 radical (unpaired) electrons. The van der Waals surface area contributed by atoms with E-state index in [0.29, 0.717) is 6.04 Å². The van der Waals surface area contributed by atoms with Crippen molar-refractivity contribution in [3.63, 3.8) is 0 Å². The normalized spacial score (nSPS) is 21.4. The zero-order valence-corrected chi connectivity index (χ0v) is 12.6. The Labute approximate surface area is 125 Å². The van der Waals surface area contributed by atoms with E-state index >= 15 is 0 Å². The van der Waals surface area contributed by atoms with Gasteiger partial charge in [-0.3, -0.25) is 4.90 Å². The molecule has 1 atom stereocenters. The van der Waals surface area contributed by atoms with E-state index in [1.165, 1.54) is 32.1 Å². The molecule has 0 bridgehead atoms. The van der Waals surface area contributed by atoms with Crippen molar-refractivity contribution in [2.45, 2.75) is 44.2 Å². The third-order valence-electron chi connectivity index (χ3n) is 4.07. The summed E-state index contributed by atoms with van der Waals surface area (Å²) >= 11 is 5.35. The Morgan fingerprint density at radius 1 is 1.35 bits per heavy atom. The number of rotatable bonds is 5. The molecule has 4 nitrogen and oxygen atoms in total. The van der Waals surface area contributed by atoms with Gasteiger partial charge in [-0.1, -0.05) is 6.42 Å². The molecule has 2 aliphatic rings. The van der Waals surface area contributed by atoms with Crippen LogP contribution >= 0.6 is 12.2 Å². The van der Waals surface area contributed by atoms with Crippen LogP contribution in [0, 0.1) is 0 Å². The highest BCUT2D eigenvalue weighted by Crippen LogP contribution is 2.24. The van der Waals surface area contributed by atoms with Gasteiger partial charge in [0.25, 0.3) is 0 Å². The predicted octanol–water partition coefficient (Wildman–Crippen LogP) is 2.43. The summed E-state index contributed by atoms with van der Waals surface area (Å²) in [5, 5.41) is 7.47. The lowest BCUT2D eigenvalue weighted by Crippen LogP contribution is -2.43. The summed E-state index contributed by atoms with van der Waals surface area (Å²) in [5.41, 5.74) is 0. The van der Waals surface area contributed by atoms with E-state index in [2.05, 4.69) is 21.6 Å². The highest BCUT2D eigenvalue weighted by molar-refractivity contribution is 7.80. The molecule has 1 aromatic rings. The average molecular weight is 293 g/mol. The summed E-state index contributed by atoms with van der Waals surface area (Å²) in [6.07, 6.45) is 8.15. The minimum Gasteiger partial charge on any atom is -0.468 e. The Morgan fingerprint density at radius 3 is 2.80 bits per heavy atom. The monoisotopic (exact) mass is 293 g/mol. The SMILES string of the molecule is S=C(NCC(c1ccco1)N1CCCCC1)NC1CC1. The van der Waals surface area contributed by atoms with Crippen molar-refractivity contribution in [3.8, 4) is 0 Å². The summed E-state index contributed by atoms with van der Waals surface area (Å²) in [5.74, 6) is 1.04. The molecule has 0 amide bonds. The van der Waals surface area contributed by atoms with Crippen molar-refractivity contribution < 1.29 is 4.42 Å². The van der Waals surface area contributed by atoms with Gasteiger partial charge in [-0.2, -0.15) is 0 Å². The van der Waals surface area contributed by atoms with Crippen molar-refractivity contribution >= 4 is 17.3 Å². The molecule has 1 saturated heterocycles. The number of hydrogen-bond acceptors (Lipinski definition) is 3. The van der Waals surface area contributed by atoms with Crippen molar-refractivity contribution in [1.29, 1.82) is 0 Å². The minimum absolute atomic E-state index is 0.282. The number of nitrogens with zero attached hydrogens (tertiary/aromatic N) is 1. The molecule has 1 unspecified atom stereocenters. The van der Waals surface area contributed by atoms with Gasteiger partial charge in [0.1, 0.15) is 5.76 Å². The summed E-state index contributed by atoms with van der Waals surface area (Å²) in [6.45, 7) is 3.11. The van der Waals surface area contributed by atoms with E-state index in [-0.39, 0.29) is 6.04 Å². The molecule has 1 aliphatic carbocycles. The highest BCUT2D eigenvalue weighted by atomic mass is 32.1. The van der Waals surface area contributed by atoms with Gasteiger partial charge in [0, 0.05) is 12.6 Å². The maximum absolute atomic E-state index is 5.63. The van der Waals surface area contributed by atoms with E-state index in [1.807, 2.05) is 6.07 Å². The standard InChI is InChI=1S/C15H23N3OS/c20-15(17-12-6-7-12)16-11-13(14-5-4-10-19-14)18-8-2-1-3-9-18/h4-5,10,12-13H,1-3,6-9,11H2,(H2,16,17,20). The van der Waals surface area contributed by atoms with Gasteiger partial charge in [-0.05, 0) is 63.1 Å². The molecule has 1 saturated carbocycles. The predicted molar refractivity (Wildman–Crippen MR) is 83.6 cm³/mol. The molecule has 3 rings (SSSR count). The molecule has 110 valence electrons. The van der Waals surface area contributed by atoms with Crippen molar-refractivity contribution in [2.24, 2.45) is 0 Å². The second-order valence-electron chi connectivity index (χ2n) is 5.76. The van der Waals surface area contributed by atoms with Gasteiger partial charge in [0.05, 0.1) is 12.3 Å². The fourth-order valence-corrected chi connectivity index (χ4v) is 3.02. The van der Waals surface area contributed by atoms with Crippen LogP contribution in [0.1, 0.15) is 43.9 Å². The van der Waals surface area contributed by atoms with E-state index in [4.69, 9.17) is 16.6 Å². The summed E-state index contributed by atoms with van der Waals surface area (Å²) in [4.78, 5) is 2.51. The largest absolute Gasteiger partial charge is 0.468 e.